The largest absolute Gasteiger partial charge is 0.384 e. The predicted molar refractivity (Wildman–Crippen MR) is 77.5 cm³/mol. The summed E-state index contributed by atoms with van der Waals surface area (Å²) < 4.78 is 26.8. The normalized spacial score (nSPS) is 23.2. The molecule has 0 bridgehead atoms. The van der Waals surface area contributed by atoms with Crippen LogP contribution < -0.4 is 5.73 Å². The van der Waals surface area contributed by atoms with Gasteiger partial charge in [-0.3, -0.25) is 0 Å². The molecule has 3 rings (SSSR count). The predicted octanol–water partition coefficient (Wildman–Crippen LogP) is 2.01. The smallest absolute Gasteiger partial charge is 0.243 e. The molecule has 1 saturated heterocycles. The fraction of sp³-hybridized carbons (Fsp3) is 0.643. The topological polar surface area (TPSA) is 76.3 Å². The highest BCUT2D eigenvalue weighted by molar-refractivity contribution is 7.89. The monoisotopic (exact) mass is 295 g/mol. The van der Waals surface area contributed by atoms with Gasteiger partial charge in [-0.05, 0) is 37.2 Å². The van der Waals surface area contributed by atoms with Crippen LogP contribution in [0.5, 0.6) is 0 Å². The van der Waals surface area contributed by atoms with E-state index in [1.54, 1.807) is 4.31 Å². The van der Waals surface area contributed by atoms with Crippen molar-refractivity contribution in [2.45, 2.75) is 43.4 Å². The average molecular weight is 295 g/mol. The van der Waals surface area contributed by atoms with Gasteiger partial charge in [-0.2, -0.15) is 4.31 Å². The van der Waals surface area contributed by atoms with Crippen LogP contribution in [-0.2, 0) is 10.0 Å². The molecule has 0 unspecified atom stereocenters. The van der Waals surface area contributed by atoms with Crippen molar-refractivity contribution in [1.82, 2.24) is 9.29 Å². The minimum Gasteiger partial charge on any atom is -0.384 e. The number of nitrogens with zero attached hydrogens (tertiary/aromatic N) is 2. The molecule has 6 heteroatoms. The number of sulfonamides is 1. The maximum atomic E-state index is 12.6. The quantitative estimate of drug-likeness (QED) is 0.905. The number of anilines is 1. The van der Waals surface area contributed by atoms with Crippen LogP contribution in [0.2, 0.25) is 0 Å². The van der Waals surface area contributed by atoms with E-state index in [0.29, 0.717) is 18.5 Å². The molecule has 1 aromatic rings. The Hall–Kier alpha value is -1.14. The van der Waals surface area contributed by atoms with Crippen LogP contribution in [0.4, 0.5) is 5.82 Å². The first-order valence-corrected chi connectivity index (χ1v) is 8.68. The molecule has 2 N–H and O–H groups in total. The van der Waals surface area contributed by atoms with Gasteiger partial charge >= 0.3 is 0 Å². The highest BCUT2D eigenvalue weighted by atomic mass is 32.2. The number of rotatable bonds is 2. The lowest BCUT2D eigenvalue weighted by molar-refractivity contribution is 0.160. The van der Waals surface area contributed by atoms with Crippen LogP contribution in [0.1, 0.15) is 38.5 Å². The zero-order chi connectivity index (χ0) is 14.2. The van der Waals surface area contributed by atoms with Crippen LogP contribution in [0.3, 0.4) is 0 Å². The molecular formula is C14H21N3O2S. The Morgan fingerprint density at radius 2 is 1.80 bits per heavy atom. The van der Waals surface area contributed by atoms with Gasteiger partial charge in [0.1, 0.15) is 5.82 Å². The number of aromatic nitrogens is 1. The summed E-state index contributed by atoms with van der Waals surface area (Å²) in [4.78, 5) is 4.11. The Morgan fingerprint density at radius 1 is 1.15 bits per heavy atom. The van der Waals surface area contributed by atoms with Crippen LogP contribution in [0, 0.1) is 5.41 Å². The van der Waals surface area contributed by atoms with Crippen molar-refractivity contribution in [3.63, 3.8) is 0 Å². The van der Waals surface area contributed by atoms with Gasteiger partial charge in [0.15, 0.2) is 0 Å². The van der Waals surface area contributed by atoms with Crippen molar-refractivity contribution in [3.8, 4) is 0 Å². The second kappa shape index (κ2) is 5.00. The second-order valence-electron chi connectivity index (χ2n) is 6.03. The lowest BCUT2D eigenvalue weighted by Crippen LogP contribution is -2.42. The lowest BCUT2D eigenvalue weighted by atomic mass is 9.78. The van der Waals surface area contributed by atoms with Crippen molar-refractivity contribution in [1.29, 1.82) is 0 Å². The molecule has 0 aromatic carbocycles. The van der Waals surface area contributed by atoms with E-state index in [0.717, 1.165) is 12.8 Å². The summed E-state index contributed by atoms with van der Waals surface area (Å²) in [6.45, 7) is 1.26. The molecule has 20 heavy (non-hydrogen) atoms. The first-order chi connectivity index (χ1) is 9.52. The van der Waals surface area contributed by atoms with Gasteiger partial charge in [-0.15, -0.1) is 0 Å². The number of hydrogen-bond acceptors (Lipinski definition) is 4. The third-order valence-electron chi connectivity index (χ3n) is 4.84. The minimum absolute atomic E-state index is 0.246. The van der Waals surface area contributed by atoms with Gasteiger partial charge in [0.05, 0.1) is 4.90 Å². The molecule has 5 nitrogen and oxygen atoms in total. The van der Waals surface area contributed by atoms with E-state index in [2.05, 4.69) is 4.98 Å². The van der Waals surface area contributed by atoms with Crippen molar-refractivity contribution in [2.75, 3.05) is 18.8 Å². The van der Waals surface area contributed by atoms with Gasteiger partial charge in [0, 0.05) is 25.4 Å². The van der Waals surface area contributed by atoms with Crippen molar-refractivity contribution in [2.24, 2.45) is 5.41 Å². The Labute approximate surface area is 120 Å². The summed E-state index contributed by atoms with van der Waals surface area (Å²) in [6.07, 6.45) is 8.57. The fourth-order valence-electron chi connectivity index (χ4n) is 3.56. The van der Waals surface area contributed by atoms with Crippen LogP contribution in [0.15, 0.2) is 23.2 Å². The Kier molecular flexibility index (Phi) is 3.46. The van der Waals surface area contributed by atoms with Gasteiger partial charge in [0.2, 0.25) is 10.0 Å². The molecule has 1 aliphatic heterocycles. The van der Waals surface area contributed by atoms with Crippen molar-refractivity contribution in [3.05, 3.63) is 18.3 Å². The summed E-state index contributed by atoms with van der Waals surface area (Å²) in [5.41, 5.74) is 6.01. The fourth-order valence-corrected chi connectivity index (χ4v) is 5.03. The third-order valence-corrected chi connectivity index (χ3v) is 6.73. The molecule has 0 radical (unpaired) electrons. The highest BCUT2D eigenvalue weighted by Gasteiger charge is 2.40. The molecule has 0 atom stereocenters. The maximum Gasteiger partial charge on any atom is 0.243 e. The van der Waals surface area contributed by atoms with Crippen LogP contribution >= 0.6 is 0 Å². The van der Waals surface area contributed by atoms with Gasteiger partial charge in [0.25, 0.3) is 0 Å². The number of pyridine rings is 1. The second-order valence-corrected chi connectivity index (χ2v) is 7.97. The number of piperidine rings is 1. The molecule has 1 spiro atoms. The molecular weight excluding hydrogens is 274 g/mol. The molecule has 0 amide bonds. The Balaban J connectivity index is 1.77. The standard InChI is InChI=1S/C14H21N3O2S/c15-13-11-12(3-8-16-13)20(18,19)17-9-6-14(7-10-17)4-1-2-5-14/h3,8,11H,1-2,4-7,9-10H2,(H2,15,16). The van der Waals surface area contributed by atoms with Gasteiger partial charge in [-0.1, -0.05) is 12.8 Å². The van der Waals surface area contributed by atoms with E-state index in [-0.39, 0.29) is 10.7 Å². The summed E-state index contributed by atoms with van der Waals surface area (Å²) >= 11 is 0. The molecule has 1 aliphatic carbocycles. The molecule has 110 valence electrons. The van der Waals surface area contributed by atoms with Gasteiger partial charge in [-0.25, -0.2) is 13.4 Å². The zero-order valence-corrected chi connectivity index (χ0v) is 12.4. The van der Waals surface area contributed by atoms with E-state index in [1.807, 2.05) is 0 Å². The minimum atomic E-state index is -3.42. The average Bonchev–Trinajstić information content (AvgIpc) is 2.87. The molecule has 1 saturated carbocycles. The van der Waals surface area contributed by atoms with Gasteiger partial charge < -0.3 is 5.73 Å². The lowest BCUT2D eigenvalue weighted by Gasteiger charge is -2.38. The van der Waals surface area contributed by atoms with Crippen molar-refractivity contribution < 1.29 is 8.42 Å². The Bertz CT molecular complexity index is 584. The molecule has 2 heterocycles. The van der Waals surface area contributed by atoms with E-state index in [9.17, 15) is 8.42 Å². The van der Waals surface area contributed by atoms with Crippen molar-refractivity contribution >= 4 is 15.8 Å². The van der Waals surface area contributed by atoms with E-state index in [1.165, 1.54) is 44.0 Å². The molecule has 2 fully saturated rings. The van der Waals surface area contributed by atoms with E-state index < -0.39 is 10.0 Å². The summed E-state index contributed by atoms with van der Waals surface area (Å²) in [6, 6.07) is 2.96. The third kappa shape index (κ3) is 2.42. The summed E-state index contributed by atoms with van der Waals surface area (Å²) in [7, 11) is -3.42. The number of nitrogen functional groups attached to an aromatic ring is 1. The summed E-state index contributed by atoms with van der Waals surface area (Å²) in [5.74, 6) is 0.246. The first kappa shape index (κ1) is 13.8. The highest BCUT2D eigenvalue weighted by Crippen LogP contribution is 2.46. The first-order valence-electron chi connectivity index (χ1n) is 7.24. The molecule has 1 aromatic heterocycles. The SMILES string of the molecule is Nc1cc(S(=O)(=O)N2CCC3(CCCC3)CC2)ccn1. The molecule has 2 aliphatic rings. The zero-order valence-electron chi connectivity index (χ0n) is 11.6. The number of hydrogen-bond donors (Lipinski definition) is 1. The van der Waals surface area contributed by atoms with Crippen LogP contribution in [-0.4, -0.2) is 30.8 Å². The summed E-state index contributed by atoms with van der Waals surface area (Å²) in [5, 5.41) is 0. The van der Waals surface area contributed by atoms with Crippen LogP contribution in [0.25, 0.3) is 0 Å². The maximum absolute atomic E-state index is 12.6. The Morgan fingerprint density at radius 3 is 2.40 bits per heavy atom. The number of nitrogens with two attached hydrogens (primary N) is 1. The van der Waals surface area contributed by atoms with E-state index >= 15 is 0 Å². The van der Waals surface area contributed by atoms with E-state index in [4.69, 9.17) is 5.73 Å².